The highest BCUT2D eigenvalue weighted by atomic mass is 19.1. The molecule has 0 unspecified atom stereocenters. The molecule has 0 aliphatic carbocycles. The third kappa shape index (κ3) is 2.93. The highest BCUT2D eigenvalue weighted by molar-refractivity contribution is 6.58. The fourth-order valence-corrected chi connectivity index (χ4v) is 2.20. The summed E-state index contributed by atoms with van der Waals surface area (Å²) in [5.41, 5.74) is -0.948. The van der Waals surface area contributed by atoms with E-state index in [-0.39, 0.29) is 5.46 Å². The van der Waals surface area contributed by atoms with Crippen molar-refractivity contribution in [3.05, 3.63) is 29.3 Å². The molecule has 0 saturated carbocycles. The fraction of sp³-hybridized carbons (Fsp3) is 0.417. The van der Waals surface area contributed by atoms with Gasteiger partial charge in [-0.1, -0.05) is 0 Å². The summed E-state index contributed by atoms with van der Waals surface area (Å²) in [6.07, 6.45) is 2.65. The summed E-state index contributed by atoms with van der Waals surface area (Å²) in [5.74, 6) is -2.83. The van der Waals surface area contributed by atoms with Crippen LogP contribution in [0, 0.1) is 11.6 Å². The number of halogens is 2. The lowest BCUT2D eigenvalue weighted by Crippen LogP contribution is -2.38. The highest BCUT2D eigenvalue weighted by Crippen LogP contribution is 2.17. The van der Waals surface area contributed by atoms with E-state index in [2.05, 4.69) is 0 Å². The van der Waals surface area contributed by atoms with Crippen molar-refractivity contribution in [3.63, 3.8) is 0 Å². The van der Waals surface area contributed by atoms with Crippen molar-refractivity contribution in [1.29, 1.82) is 0 Å². The Morgan fingerprint density at radius 1 is 1.11 bits per heavy atom. The quantitative estimate of drug-likeness (QED) is 0.758. The van der Waals surface area contributed by atoms with Crippen molar-refractivity contribution >= 4 is 18.5 Å². The molecule has 1 amide bonds. The first kappa shape index (κ1) is 14.0. The average molecular weight is 269 g/mol. The van der Waals surface area contributed by atoms with Gasteiger partial charge in [0.1, 0.15) is 17.2 Å². The van der Waals surface area contributed by atoms with Crippen LogP contribution in [0.2, 0.25) is 0 Å². The van der Waals surface area contributed by atoms with E-state index in [1.165, 1.54) is 4.90 Å². The number of rotatable bonds is 2. The zero-order chi connectivity index (χ0) is 14.0. The van der Waals surface area contributed by atoms with Gasteiger partial charge in [0.05, 0.1) is 0 Å². The minimum absolute atomic E-state index is 0.315. The molecular formula is C12H14BF2NO3. The van der Waals surface area contributed by atoms with Crippen molar-refractivity contribution in [3.8, 4) is 0 Å². The van der Waals surface area contributed by atoms with Crippen LogP contribution in [-0.4, -0.2) is 41.1 Å². The normalized spacial score (nSPS) is 15.5. The van der Waals surface area contributed by atoms with Crippen LogP contribution in [0.4, 0.5) is 8.78 Å². The maximum Gasteiger partial charge on any atom is 0.488 e. The second-order valence-electron chi connectivity index (χ2n) is 4.59. The zero-order valence-corrected chi connectivity index (χ0v) is 10.3. The molecule has 1 heterocycles. The summed E-state index contributed by atoms with van der Waals surface area (Å²) in [5, 5.41) is 17.8. The maximum absolute atomic E-state index is 13.8. The van der Waals surface area contributed by atoms with Crippen molar-refractivity contribution < 1.29 is 23.6 Å². The molecule has 0 radical (unpaired) electrons. The largest absolute Gasteiger partial charge is 0.488 e. The second kappa shape index (κ2) is 5.67. The third-order valence-electron chi connectivity index (χ3n) is 3.22. The topological polar surface area (TPSA) is 60.8 Å². The Morgan fingerprint density at radius 3 is 2.11 bits per heavy atom. The molecule has 0 atom stereocenters. The molecule has 102 valence electrons. The monoisotopic (exact) mass is 269 g/mol. The SMILES string of the molecule is O=C(c1c(F)cc(B(O)O)cc1F)N1CCCCC1. The molecule has 1 aromatic rings. The van der Waals surface area contributed by atoms with Crippen LogP contribution in [0.15, 0.2) is 12.1 Å². The molecule has 1 fully saturated rings. The molecule has 1 aliphatic rings. The first-order valence-electron chi connectivity index (χ1n) is 6.15. The Hall–Kier alpha value is -1.47. The molecule has 0 spiro atoms. The Morgan fingerprint density at radius 2 is 1.63 bits per heavy atom. The molecule has 7 heteroatoms. The van der Waals surface area contributed by atoms with Gasteiger partial charge in [-0.25, -0.2) is 8.78 Å². The van der Waals surface area contributed by atoms with Gasteiger partial charge in [-0.3, -0.25) is 4.79 Å². The van der Waals surface area contributed by atoms with Gasteiger partial charge in [0.15, 0.2) is 0 Å². The molecule has 1 saturated heterocycles. The van der Waals surface area contributed by atoms with Crippen LogP contribution in [0.3, 0.4) is 0 Å². The lowest BCUT2D eigenvalue weighted by Gasteiger charge is -2.27. The Balaban J connectivity index is 2.31. The lowest BCUT2D eigenvalue weighted by molar-refractivity contribution is 0.0714. The van der Waals surface area contributed by atoms with Crippen molar-refractivity contribution in [2.24, 2.45) is 0 Å². The average Bonchev–Trinajstić information content (AvgIpc) is 2.38. The molecule has 1 aromatic carbocycles. The molecule has 0 bridgehead atoms. The first-order valence-corrected chi connectivity index (χ1v) is 6.15. The number of benzene rings is 1. The molecule has 1 aliphatic heterocycles. The molecule has 2 rings (SSSR count). The predicted molar refractivity (Wildman–Crippen MR) is 65.9 cm³/mol. The standard InChI is InChI=1S/C12H14BF2NO3/c14-9-6-8(13(18)19)7-10(15)11(9)12(17)16-4-2-1-3-5-16/h6-7,18-19H,1-5H2. The van der Waals surface area contributed by atoms with Crippen molar-refractivity contribution in [1.82, 2.24) is 4.90 Å². The summed E-state index contributed by atoms with van der Waals surface area (Å²) < 4.78 is 27.5. The summed E-state index contributed by atoms with van der Waals surface area (Å²) in [6, 6.07) is 1.54. The lowest BCUT2D eigenvalue weighted by atomic mass is 9.79. The smallest absolute Gasteiger partial charge is 0.423 e. The number of hydrogen-bond acceptors (Lipinski definition) is 3. The van der Waals surface area contributed by atoms with Gasteiger partial charge >= 0.3 is 7.12 Å². The number of hydrogen-bond donors (Lipinski definition) is 2. The van der Waals surface area contributed by atoms with Crippen molar-refractivity contribution in [2.75, 3.05) is 13.1 Å². The van der Waals surface area contributed by atoms with E-state index in [1.54, 1.807) is 0 Å². The fourth-order valence-electron chi connectivity index (χ4n) is 2.20. The van der Waals surface area contributed by atoms with Gasteiger partial charge in [-0.05, 0) is 36.9 Å². The minimum atomic E-state index is -1.97. The van der Waals surface area contributed by atoms with E-state index < -0.39 is 30.2 Å². The van der Waals surface area contributed by atoms with E-state index in [0.29, 0.717) is 13.1 Å². The number of carbonyl (C=O) groups is 1. The van der Waals surface area contributed by atoms with Gasteiger partial charge in [-0.15, -0.1) is 0 Å². The number of nitrogens with zero attached hydrogens (tertiary/aromatic N) is 1. The van der Waals surface area contributed by atoms with Gasteiger partial charge in [0.25, 0.3) is 5.91 Å². The Bertz CT molecular complexity index is 467. The van der Waals surface area contributed by atoms with Crippen LogP contribution in [0.25, 0.3) is 0 Å². The van der Waals surface area contributed by atoms with Crippen molar-refractivity contribution in [2.45, 2.75) is 19.3 Å². The summed E-state index contributed by atoms with van der Waals surface area (Å²) in [7, 11) is -1.97. The van der Waals surface area contributed by atoms with E-state index in [4.69, 9.17) is 10.0 Å². The van der Waals surface area contributed by atoms with Crippen LogP contribution in [0.5, 0.6) is 0 Å². The van der Waals surface area contributed by atoms with Crippen LogP contribution in [-0.2, 0) is 0 Å². The van der Waals surface area contributed by atoms with E-state index >= 15 is 0 Å². The van der Waals surface area contributed by atoms with Gasteiger partial charge < -0.3 is 14.9 Å². The first-order chi connectivity index (χ1) is 9.00. The number of carbonyl (C=O) groups excluding carboxylic acids is 1. The summed E-state index contributed by atoms with van der Waals surface area (Å²) in [6.45, 7) is 0.976. The van der Waals surface area contributed by atoms with E-state index in [1.807, 2.05) is 0 Å². The van der Waals surface area contributed by atoms with E-state index in [0.717, 1.165) is 31.4 Å². The zero-order valence-electron chi connectivity index (χ0n) is 10.3. The van der Waals surface area contributed by atoms with E-state index in [9.17, 15) is 13.6 Å². The Labute approximate surface area is 109 Å². The van der Waals surface area contributed by atoms with Crippen LogP contribution < -0.4 is 5.46 Å². The molecular weight excluding hydrogens is 255 g/mol. The summed E-state index contributed by atoms with van der Waals surface area (Å²) >= 11 is 0. The number of piperidine rings is 1. The summed E-state index contributed by atoms with van der Waals surface area (Å²) in [4.78, 5) is 13.5. The van der Waals surface area contributed by atoms with Gasteiger partial charge in [0, 0.05) is 13.1 Å². The number of likely N-dealkylation sites (tertiary alicyclic amines) is 1. The number of amides is 1. The third-order valence-corrected chi connectivity index (χ3v) is 3.22. The molecule has 2 N–H and O–H groups in total. The second-order valence-corrected chi connectivity index (χ2v) is 4.59. The van der Waals surface area contributed by atoms with Crippen LogP contribution >= 0.6 is 0 Å². The van der Waals surface area contributed by atoms with Gasteiger partial charge in [0.2, 0.25) is 0 Å². The molecule has 19 heavy (non-hydrogen) atoms. The predicted octanol–water partition coefficient (Wildman–Crippen LogP) is 0.271. The Kier molecular flexibility index (Phi) is 4.16. The maximum atomic E-state index is 13.8. The van der Waals surface area contributed by atoms with Crippen LogP contribution in [0.1, 0.15) is 29.6 Å². The molecule has 4 nitrogen and oxygen atoms in total. The molecule has 0 aromatic heterocycles. The van der Waals surface area contributed by atoms with Gasteiger partial charge in [-0.2, -0.15) is 0 Å². The minimum Gasteiger partial charge on any atom is -0.423 e. The highest BCUT2D eigenvalue weighted by Gasteiger charge is 2.26.